The van der Waals surface area contributed by atoms with E-state index in [4.69, 9.17) is 10.1 Å². The molecule has 4 aromatic rings. The average Bonchev–Trinajstić information content (AvgIpc) is 3.25. The fraction of sp³-hybridized carbons (Fsp3) is 0.250. The number of anilines is 1. The normalized spacial score (nSPS) is 11.2. The average molecular weight is 424 g/mol. The molecule has 0 atom stereocenters. The van der Waals surface area contributed by atoms with E-state index in [-0.39, 0.29) is 22.0 Å². The summed E-state index contributed by atoms with van der Waals surface area (Å²) in [5, 5.41) is 13.8. The van der Waals surface area contributed by atoms with Gasteiger partial charge in [-0.1, -0.05) is 6.07 Å². The molecule has 0 spiro atoms. The highest BCUT2D eigenvalue weighted by molar-refractivity contribution is 7.13. The topological polar surface area (TPSA) is 114 Å². The maximum atomic E-state index is 13.1. The van der Waals surface area contributed by atoms with E-state index < -0.39 is 5.91 Å². The second kappa shape index (κ2) is 8.56. The van der Waals surface area contributed by atoms with Crippen LogP contribution in [0.3, 0.4) is 0 Å². The molecule has 4 aromatic heterocycles. The third-order valence-corrected chi connectivity index (χ3v) is 5.28. The van der Waals surface area contributed by atoms with Crippen molar-refractivity contribution in [2.24, 2.45) is 0 Å². The summed E-state index contributed by atoms with van der Waals surface area (Å²) in [7, 11) is 0. The molecule has 30 heavy (non-hydrogen) atoms. The van der Waals surface area contributed by atoms with Crippen molar-refractivity contribution < 1.29 is 9.53 Å². The van der Waals surface area contributed by atoms with Crippen LogP contribution >= 0.6 is 11.3 Å². The second-order valence-corrected chi connectivity index (χ2v) is 7.38. The van der Waals surface area contributed by atoms with Gasteiger partial charge in [-0.05, 0) is 31.5 Å². The first-order valence-electron chi connectivity index (χ1n) is 9.48. The lowest BCUT2D eigenvalue weighted by atomic mass is 10.2. The number of carbonyl (C=O) groups is 1. The van der Waals surface area contributed by atoms with Gasteiger partial charge in [0.2, 0.25) is 0 Å². The van der Waals surface area contributed by atoms with Gasteiger partial charge in [0.25, 0.3) is 11.5 Å². The Bertz CT molecular complexity index is 1330. The van der Waals surface area contributed by atoms with E-state index in [2.05, 4.69) is 15.3 Å². The van der Waals surface area contributed by atoms with Crippen LogP contribution in [0, 0.1) is 5.41 Å². The summed E-state index contributed by atoms with van der Waals surface area (Å²) in [5.74, 6) is -0.493. The lowest BCUT2D eigenvalue weighted by molar-refractivity contribution is 0.102. The maximum Gasteiger partial charge on any atom is 0.267 e. The van der Waals surface area contributed by atoms with Crippen molar-refractivity contribution in [2.45, 2.75) is 19.9 Å². The summed E-state index contributed by atoms with van der Waals surface area (Å²) in [5.41, 5.74) is 0.632. The number of nitrogens with one attached hydrogen (secondary N) is 2. The van der Waals surface area contributed by atoms with E-state index in [9.17, 15) is 9.59 Å². The molecule has 0 saturated carbocycles. The van der Waals surface area contributed by atoms with Crippen LogP contribution in [0.15, 0.2) is 46.8 Å². The third-order valence-electron chi connectivity index (χ3n) is 4.59. The zero-order valence-electron chi connectivity index (χ0n) is 16.3. The Labute approximate surface area is 175 Å². The minimum atomic E-state index is -0.493. The van der Waals surface area contributed by atoms with Crippen molar-refractivity contribution in [1.82, 2.24) is 18.9 Å². The molecule has 0 bridgehead atoms. The standard InChI is InChI=1S/C20H20N6O3S/c1-2-29-10-5-9-26-16(21)13(18(27)24-20-22-7-11-30-20)12-14-17(26)23-15-6-3-4-8-25(15)19(14)28/h3-4,6-8,11-12,21H,2,5,9-10H2,1H3,(H,22,24,27). The molecule has 4 rings (SSSR count). The lowest BCUT2D eigenvalue weighted by Gasteiger charge is -2.14. The van der Waals surface area contributed by atoms with E-state index in [1.165, 1.54) is 21.8 Å². The number of hydrogen-bond donors (Lipinski definition) is 2. The molecule has 0 radical (unpaired) electrons. The molecule has 2 N–H and O–H groups in total. The van der Waals surface area contributed by atoms with Crippen LogP contribution in [0.5, 0.6) is 0 Å². The van der Waals surface area contributed by atoms with Crippen LogP contribution < -0.4 is 16.4 Å². The fourth-order valence-corrected chi connectivity index (χ4v) is 3.72. The first kappa shape index (κ1) is 19.9. The number of thiazole rings is 1. The van der Waals surface area contributed by atoms with Gasteiger partial charge in [0.1, 0.15) is 16.8 Å². The molecular weight excluding hydrogens is 404 g/mol. The van der Waals surface area contributed by atoms with Crippen LogP contribution in [-0.2, 0) is 11.3 Å². The summed E-state index contributed by atoms with van der Waals surface area (Å²) in [6.07, 6.45) is 3.83. The van der Waals surface area contributed by atoms with Crippen molar-refractivity contribution in [2.75, 3.05) is 18.5 Å². The van der Waals surface area contributed by atoms with Crippen molar-refractivity contribution >= 4 is 39.1 Å². The minimum absolute atomic E-state index is 0.0137. The van der Waals surface area contributed by atoms with Gasteiger partial charge < -0.3 is 9.30 Å². The Hall–Kier alpha value is -3.37. The van der Waals surface area contributed by atoms with E-state index in [1.54, 1.807) is 40.5 Å². The number of aromatic nitrogens is 4. The number of hydrogen-bond acceptors (Lipinski definition) is 7. The number of aryl methyl sites for hydroxylation is 1. The predicted molar refractivity (Wildman–Crippen MR) is 114 cm³/mol. The third kappa shape index (κ3) is 3.74. The van der Waals surface area contributed by atoms with Gasteiger partial charge in [-0.25, -0.2) is 9.97 Å². The molecule has 9 nitrogen and oxygen atoms in total. The molecule has 1 amide bonds. The Kier molecular flexibility index (Phi) is 5.68. The zero-order valence-corrected chi connectivity index (χ0v) is 17.1. The molecule has 4 heterocycles. The SMILES string of the molecule is CCOCCCn1c(=N)c(C(=O)Nc2nccs2)cc2c(=O)n3ccccc3nc21. The van der Waals surface area contributed by atoms with Gasteiger partial charge in [-0.3, -0.25) is 24.7 Å². The number of carbonyl (C=O) groups excluding carboxylic acids is 1. The summed E-state index contributed by atoms with van der Waals surface area (Å²) in [6, 6.07) is 6.71. The van der Waals surface area contributed by atoms with Crippen LogP contribution in [0.25, 0.3) is 16.7 Å². The largest absolute Gasteiger partial charge is 0.382 e. The molecule has 0 aliphatic heterocycles. The monoisotopic (exact) mass is 424 g/mol. The lowest BCUT2D eigenvalue weighted by Crippen LogP contribution is -2.32. The zero-order chi connectivity index (χ0) is 21.1. The van der Waals surface area contributed by atoms with Gasteiger partial charge in [0.05, 0.1) is 10.9 Å². The quantitative estimate of drug-likeness (QED) is 0.349. The van der Waals surface area contributed by atoms with Gasteiger partial charge >= 0.3 is 0 Å². The van der Waals surface area contributed by atoms with Crippen LogP contribution in [0.2, 0.25) is 0 Å². The Morgan fingerprint density at radius 1 is 1.37 bits per heavy atom. The number of fused-ring (bicyclic) bond motifs is 2. The van der Waals surface area contributed by atoms with Gasteiger partial charge in [-0.2, -0.15) is 0 Å². The number of amides is 1. The minimum Gasteiger partial charge on any atom is -0.382 e. The first-order chi connectivity index (χ1) is 14.6. The number of pyridine rings is 2. The highest BCUT2D eigenvalue weighted by atomic mass is 32.1. The summed E-state index contributed by atoms with van der Waals surface area (Å²) in [4.78, 5) is 34.6. The fourth-order valence-electron chi connectivity index (χ4n) is 3.20. The smallest absolute Gasteiger partial charge is 0.267 e. The molecule has 0 fully saturated rings. The number of ether oxygens (including phenoxy) is 1. The van der Waals surface area contributed by atoms with Gasteiger partial charge in [-0.15, -0.1) is 11.3 Å². The maximum absolute atomic E-state index is 13.1. The molecule has 0 saturated heterocycles. The van der Waals surface area contributed by atoms with Crippen LogP contribution in [0.4, 0.5) is 5.13 Å². The molecule has 0 aliphatic rings. The van der Waals surface area contributed by atoms with Crippen molar-refractivity contribution in [3.05, 3.63) is 63.4 Å². The van der Waals surface area contributed by atoms with Crippen molar-refractivity contribution in [3.63, 3.8) is 0 Å². The summed E-state index contributed by atoms with van der Waals surface area (Å²) >= 11 is 1.28. The molecule has 0 aliphatic carbocycles. The van der Waals surface area contributed by atoms with Crippen LogP contribution in [-0.4, -0.2) is 38.1 Å². The molecule has 10 heteroatoms. The number of nitrogens with zero attached hydrogens (tertiary/aromatic N) is 4. The molecule has 0 unspecified atom stereocenters. The van der Waals surface area contributed by atoms with E-state index >= 15 is 0 Å². The van der Waals surface area contributed by atoms with E-state index in [0.29, 0.717) is 42.6 Å². The van der Waals surface area contributed by atoms with E-state index in [1.807, 2.05) is 6.92 Å². The number of rotatable bonds is 7. The summed E-state index contributed by atoms with van der Waals surface area (Å²) in [6.45, 7) is 3.41. The highest BCUT2D eigenvalue weighted by Crippen LogP contribution is 2.14. The van der Waals surface area contributed by atoms with Crippen molar-refractivity contribution in [1.29, 1.82) is 5.41 Å². The Morgan fingerprint density at radius 2 is 2.23 bits per heavy atom. The molecule has 0 aromatic carbocycles. The summed E-state index contributed by atoms with van der Waals surface area (Å²) < 4.78 is 8.43. The second-order valence-electron chi connectivity index (χ2n) is 6.48. The van der Waals surface area contributed by atoms with Gasteiger partial charge in [0, 0.05) is 37.5 Å². The van der Waals surface area contributed by atoms with Crippen molar-refractivity contribution in [3.8, 4) is 0 Å². The Balaban J connectivity index is 1.89. The van der Waals surface area contributed by atoms with E-state index in [0.717, 1.165) is 0 Å². The van der Waals surface area contributed by atoms with Crippen LogP contribution in [0.1, 0.15) is 23.7 Å². The molecular formula is C20H20N6O3S. The Morgan fingerprint density at radius 3 is 3.00 bits per heavy atom. The predicted octanol–water partition coefficient (Wildman–Crippen LogP) is 2.26. The first-order valence-corrected chi connectivity index (χ1v) is 10.4. The van der Waals surface area contributed by atoms with Gasteiger partial charge in [0.15, 0.2) is 5.13 Å². The molecule has 154 valence electrons. The highest BCUT2D eigenvalue weighted by Gasteiger charge is 2.18.